The molecule has 0 amide bonds. The maximum Gasteiger partial charge on any atom is 0.330 e. The van der Waals surface area contributed by atoms with Gasteiger partial charge in [-0.2, -0.15) is 5.26 Å². The lowest BCUT2D eigenvalue weighted by atomic mass is 10.2. The van der Waals surface area contributed by atoms with Crippen molar-refractivity contribution in [3.8, 4) is 17.6 Å². The highest BCUT2D eigenvalue weighted by Crippen LogP contribution is 2.14. The quantitative estimate of drug-likeness (QED) is 0.391. The fourth-order valence-corrected chi connectivity index (χ4v) is 2.16. The Kier molecular flexibility index (Phi) is 7.75. The Bertz CT molecular complexity index is 775. The number of ether oxygens (including phenoxy) is 3. The molecular formula is C21H21NO4. The minimum Gasteiger partial charge on any atom is -0.490 e. The Morgan fingerprint density at radius 1 is 1.08 bits per heavy atom. The molecule has 0 aliphatic carbocycles. The first-order valence-corrected chi connectivity index (χ1v) is 8.37. The van der Waals surface area contributed by atoms with Crippen molar-refractivity contribution in [2.24, 2.45) is 0 Å². The van der Waals surface area contributed by atoms with Gasteiger partial charge in [0.2, 0.25) is 0 Å². The molecule has 0 bridgehead atoms. The summed E-state index contributed by atoms with van der Waals surface area (Å²) >= 11 is 0. The lowest BCUT2D eigenvalue weighted by Gasteiger charge is -2.07. The molecule has 134 valence electrons. The zero-order chi connectivity index (χ0) is 18.6. The third kappa shape index (κ3) is 6.70. The van der Waals surface area contributed by atoms with Crippen LogP contribution in [0.2, 0.25) is 0 Å². The molecule has 0 heterocycles. The van der Waals surface area contributed by atoms with Gasteiger partial charge in [-0.25, -0.2) is 4.79 Å². The van der Waals surface area contributed by atoms with Gasteiger partial charge in [0.25, 0.3) is 0 Å². The summed E-state index contributed by atoms with van der Waals surface area (Å²) in [5.74, 6) is 0.950. The molecule has 0 saturated carbocycles. The van der Waals surface area contributed by atoms with Gasteiger partial charge in [-0.1, -0.05) is 31.2 Å². The van der Waals surface area contributed by atoms with Gasteiger partial charge >= 0.3 is 5.97 Å². The van der Waals surface area contributed by atoms with Crippen molar-refractivity contribution in [1.29, 1.82) is 5.26 Å². The van der Waals surface area contributed by atoms with E-state index in [1.54, 1.807) is 30.3 Å². The molecule has 0 fully saturated rings. The minimum atomic E-state index is -0.430. The molecule has 5 nitrogen and oxygen atoms in total. The summed E-state index contributed by atoms with van der Waals surface area (Å²) in [6.07, 6.45) is 3.97. The molecule has 0 N–H and O–H groups in total. The second kappa shape index (κ2) is 10.6. The van der Waals surface area contributed by atoms with Gasteiger partial charge in [0.05, 0.1) is 0 Å². The van der Waals surface area contributed by atoms with Crippen LogP contribution >= 0.6 is 0 Å². The van der Waals surface area contributed by atoms with Gasteiger partial charge in [0.15, 0.2) is 6.61 Å². The molecule has 2 aromatic carbocycles. The highest BCUT2D eigenvalue weighted by Gasteiger charge is 2.00. The minimum absolute atomic E-state index is 0.00627. The summed E-state index contributed by atoms with van der Waals surface area (Å²) in [7, 11) is 0. The molecule has 0 aromatic heterocycles. The van der Waals surface area contributed by atoms with E-state index < -0.39 is 5.97 Å². The van der Waals surface area contributed by atoms with Crippen molar-refractivity contribution in [3.63, 3.8) is 0 Å². The molecule has 0 spiro atoms. The molecule has 2 aromatic rings. The van der Waals surface area contributed by atoms with Crippen LogP contribution in [0.4, 0.5) is 0 Å². The van der Waals surface area contributed by atoms with E-state index in [0.717, 1.165) is 17.7 Å². The highest BCUT2D eigenvalue weighted by atomic mass is 16.6. The Morgan fingerprint density at radius 3 is 2.62 bits per heavy atom. The van der Waals surface area contributed by atoms with Gasteiger partial charge in [0.1, 0.15) is 30.8 Å². The van der Waals surface area contributed by atoms with Crippen LogP contribution in [-0.4, -0.2) is 25.8 Å². The predicted molar refractivity (Wildman–Crippen MR) is 98.9 cm³/mol. The molecule has 0 saturated heterocycles. The fourth-order valence-electron chi connectivity index (χ4n) is 2.16. The Morgan fingerprint density at radius 2 is 1.88 bits per heavy atom. The second-order valence-electron chi connectivity index (χ2n) is 5.37. The van der Waals surface area contributed by atoms with E-state index in [2.05, 4.69) is 6.92 Å². The smallest absolute Gasteiger partial charge is 0.330 e. The standard InChI is InChI=1S/C21H21NO4/c1-2-17-4-3-5-20(16-17)25-14-15-26-21(23)11-8-18-6-9-19(10-7-18)24-13-12-22/h3-11,16H,2,13-15H2,1H3/b11-8+. The highest BCUT2D eigenvalue weighted by molar-refractivity contribution is 5.87. The maximum absolute atomic E-state index is 11.7. The van der Waals surface area contributed by atoms with Crippen molar-refractivity contribution >= 4 is 12.0 Å². The van der Waals surface area contributed by atoms with E-state index in [-0.39, 0.29) is 13.2 Å². The number of carbonyl (C=O) groups excluding carboxylic acids is 1. The topological polar surface area (TPSA) is 68.6 Å². The van der Waals surface area contributed by atoms with Crippen LogP contribution in [-0.2, 0) is 16.0 Å². The van der Waals surface area contributed by atoms with Gasteiger partial charge < -0.3 is 14.2 Å². The number of rotatable bonds is 9. The molecule has 0 atom stereocenters. The van der Waals surface area contributed by atoms with Crippen LogP contribution < -0.4 is 9.47 Å². The van der Waals surface area contributed by atoms with Crippen LogP contribution in [0.3, 0.4) is 0 Å². The molecule has 0 aliphatic heterocycles. The van der Waals surface area contributed by atoms with Crippen molar-refractivity contribution in [1.82, 2.24) is 0 Å². The molecule has 5 heteroatoms. The van der Waals surface area contributed by atoms with Crippen LogP contribution in [0.5, 0.6) is 11.5 Å². The van der Waals surface area contributed by atoms with Crippen molar-refractivity contribution < 1.29 is 19.0 Å². The monoisotopic (exact) mass is 351 g/mol. The number of nitrogens with zero attached hydrogens (tertiary/aromatic N) is 1. The Hall–Kier alpha value is -3.26. The first kappa shape index (κ1) is 19.1. The first-order valence-electron chi connectivity index (χ1n) is 8.37. The average molecular weight is 351 g/mol. The third-order valence-corrected chi connectivity index (χ3v) is 3.50. The summed E-state index contributed by atoms with van der Waals surface area (Å²) in [6, 6.07) is 16.8. The van der Waals surface area contributed by atoms with E-state index in [0.29, 0.717) is 12.4 Å². The second-order valence-corrected chi connectivity index (χ2v) is 5.37. The van der Waals surface area contributed by atoms with E-state index in [1.807, 2.05) is 30.3 Å². The largest absolute Gasteiger partial charge is 0.490 e. The van der Waals surface area contributed by atoms with Crippen LogP contribution in [0.1, 0.15) is 18.1 Å². The van der Waals surface area contributed by atoms with Gasteiger partial charge in [-0.05, 0) is 47.9 Å². The fraction of sp³-hybridized carbons (Fsp3) is 0.238. The molecule has 0 unspecified atom stereocenters. The van der Waals surface area contributed by atoms with E-state index in [1.165, 1.54) is 11.6 Å². The van der Waals surface area contributed by atoms with Crippen LogP contribution in [0.15, 0.2) is 54.6 Å². The normalized spacial score (nSPS) is 10.3. The number of hydrogen-bond donors (Lipinski definition) is 0. The zero-order valence-corrected chi connectivity index (χ0v) is 14.7. The predicted octanol–water partition coefficient (Wildman–Crippen LogP) is 3.79. The Balaban J connectivity index is 1.71. The lowest BCUT2D eigenvalue weighted by molar-refractivity contribution is -0.138. The number of esters is 1. The number of benzene rings is 2. The lowest BCUT2D eigenvalue weighted by Crippen LogP contribution is -2.10. The summed E-state index contributed by atoms with van der Waals surface area (Å²) in [5.41, 5.74) is 2.03. The van der Waals surface area contributed by atoms with Crippen LogP contribution in [0, 0.1) is 11.3 Å². The number of hydrogen-bond acceptors (Lipinski definition) is 5. The van der Waals surface area contributed by atoms with Gasteiger partial charge in [-0.3, -0.25) is 0 Å². The number of nitriles is 1. The first-order chi connectivity index (χ1) is 12.7. The number of aryl methyl sites for hydroxylation is 1. The van der Waals surface area contributed by atoms with Crippen molar-refractivity contribution in [3.05, 3.63) is 65.7 Å². The maximum atomic E-state index is 11.7. The molecule has 26 heavy (non-hydrogen) atoms. The molecule has 2 rings (SSSR count). The molecule has 0 aliphatic rings. The van der Waals surface area contributed by atoms with E-state index in [9.17, 15) is 4.79 Å². The summed E-state index contributed by atoms with van der Waals surface area (Å²) in [6.45, 7) is 2.57. The molecular weight excluding hydrogens is 330 g/mol. The summed E-state index contributed by atoms with van der Waals surface area (Å²) in [5, 5.41) is 8.46. The Labute approximate surface area is 153 Å². The van der Waals surface area contributed by atoms with Crippen molar-refractivity contribution in [2.75, 3.05) is 19.8 Å². The third-order valence-electron chi connectivity index (χ3n) is 3.50. The summed E-state index contributed by atoms with van der Waals surface area (Å²) in [4.78, 5) is 11.7. The number of carbonyl (C=O) groups is 1. The SMILES string of the molecule is CCc1cccc(OCCOC(=O)/C=C/c2ccc(OCC#N)cc2)c1. The van der Waals surface area contributed by atoms with Crippen molar-refractivity contribution in [2.45, 2.75) is 13.3 Å². The van der Waals surface area contributed by atoms with E-state index >= 15 is 0 Å². The summed E-state index contributed by atoms with van der Waals surface area (Å²) < 4.78 is 15.8. The zero-order valence-electron chi connectivity index (χ0n) is 14.7. The van der Waals surface area contributed by atoms with E-state index in [4.69, 9.17) is 19.5 Å². The average Bonchev–Trinajstić information content (AvgIpc) is 2.69. The van der Waals surface area contributed by atoms with Gasteiger partial charge in [-0.15, -0.1) is 0 Å². The molecule has 0 radical (unpaired) electrons. The van der Waals surface area contributed by atoms with Crippen LogP contribution in [0.25, 0.3) is 6.08 Å². The van der Waals surface area contributed by atoms with Gasteiger partial charge in [0, 0.05) is 6.08 Å².